The van der Waals surface area contributed by atoms with Crippen LogP contribution in [-0.4, -0.2) is 36.7 Å². The highest BCUT2D eigenvalue weighted by molar-refractivity contribution is 5.27. The first-order valence-electron chi connectivity index (χ1n) is 6.73. The predicted octanol–water partition coefficient (Wildman–Crippen LogP) is 1.80. The van der Waals surface area contributed by atoms with Crippen molar-refractivity contribution in [3.8, 4) is 0 Å². The minimum Gasteiger partial charge on any atom is -0.378 e. The molecule has 1 fully saturated rings. The van der Waals surface area contributed by atoms with Crippen LogP contribution in [0.1, 0.15) is 25.0 Å². The van der Waals surface area contributed by atoms with Crippen molar-refractivity contribution in [2.45, 2.75) is 32.4 Å². The molecular formula is C15H24N2O. The number of ether oxygens (including phenoxy) is 1. The van der Waals surface area contributed by atoms with Crippen molar-refractivity contribution < 1.29 is 4.74 Å². The highest BCUT2D eigenvalue weighted by Crippen LogP contribution is 2.23. The van der Waals surface area contributed by atoms with E-state index < -0.39 is 0 Å². The quantitative estimate of drug-likeness (QED) is 0.883. The fraction of sp³-hybridized carbons (Fsp3) is 0.600. The van der Waals surface area contributed by atoms with Crippen LogP contribution in [0.15, 0.2) is 24.3 Å². The molecule has 1 aliphatic heterocycles. The van der Waals surface area contributed by atoms with E-state index in [1.807, 2.05) is 0 Å². The van der Waals surface area contributed by atoms with Crippen LogP contribution in [0.25, 0.3) is 0 Å². The Hall–Kier alpha value is -0.900. The van der Waals surface area contributed by atoms with E-state index in [0.29, 0.717) is 6.54 Å². The molecule has 0 atom stereocenters. The Balaban J connectivity index is 2.12. The van der Waals surface area contributed by atoms with Crippen LogP contribution in [0.3, 0.4) is 0 Å². The van der Waals surface area contributed by atoms with Gasteiger partial charge in [-0.3, -0.25) is 4.90 Å². The summed E-state index contributed by atoms with van der Waals surface area (Å²) < 4.78 is 5.57. The molecule has 3 nitrogen and oxygen atoms in total. The van der Waals surface area contributed by atoms with Gasteiger partial charge in [0.05, 0.1) is 13.2 Å². The first-order valence-corrected chi connectivity index (χ1v) is 6.73. The molecule has 0 aliphatic carbocycles. The van der Waals surface area contributed by atoms with Crippen molar-refractivity contribution in [1.29, 1.82) is 0 Å². The number of nitrogens with zero attached hydrogens (tertiary/aromatic N) is 1. The minimum absolute atomic E-state index is 0.119. The van der Waals surface area contributed by atoms with E-state index in [2.05, 4.69) is 43.0 Å². The fourth-order valence-electron chi connectivity index (χ4n) is 2.50. The Morgan fingerprint density at radius 1 is 1.28 bits per heavy atom. The highest BCUT2D eigenvalue weighted by Gasteiger charge is 2.30. The molecule has 1 aromatic rings. The van der Waals surface area contributed by atoms with E-state index in [4.69, 9.17) is 10.5 Å². The second kappa shape index (κ2) is 5.83. The Labute approximate surface area is 110 Å². The number of hydrogen-bond donors (Lipinski definition) is 1. The summed E-state index contributed by atoms with van der Waals surface area (Å²) in [6.07, 6.45) is 0.959. The standard InChI is InChI=1S/C15H24N2O/c1-15(2)12-18-10-9-17(15)11-14-6-4-3-5-13(14)7-8-16/h3-6H,7-12,16H2,1-2H3. The molecule has 0 aromatic heterocycles. The van der Waals surface area contributed by atoms with Gasteiger partial charge in [-0.1, -0.05) is 24.3 Å². The van der Waals surface area contributed by atoms with Crippen molar-refractivity contribution in [2.75, 3.05) is 26.3 Å². The van der Waals surface area contributed by atoms with Crippen molar-refractivity contribution >= 4 is 0 Å². The summed E-state index contributed by atoms with van der Waals surface area (Å²) >= 11 is 0. The molecule has 0 unspecified atom stereocenters. The zero-order chi connectivity index (χ0) is 13.0. The van der Waals surface area contributed by atoms with Crippen LogP contribution in [0.4, 0.5) is 0 Å². The normalized spacial score (nSPS) is 19.9. The summed E-state index contributed by atoms with van der Waals surface area (Å²) in [5, 5.41) is 0. The van der Waals surface area contributed by atoms with Crippen LogP contribution < -0.4 is 5.73 Å². The topological polar surface area (TPSA) is 38.5 Å². The van der Waals surface area contributed by atoms with Crippen LogP contribution in [0.5, 0.6) is 0 Å². The average molecular weight is 248 g/mol. The van der Waals surface area contributed by atoms with Crippen LogP contribution in [0, 0.1) is 0 Å². The lowest BCUT2D eigenvalue weighted by molar-refractivity contribution is -0.0553. The van der Waals surface area contributed by atoms with Crippen LogP contribution >= 0.6 is 0 Å². The number of morpholine rings is 1. The van der Waals surface area contributed by atoms with Gasteiger partial charge in [-0.15, -0.1) is 0 Å². The van der Waals surface area contributed by atoms with Gasteiger partial charge in [-0.05, 0) is 37.9 Å². The van der Waals surface area contributed by atoms with Crippen molar-refractivity contribution in [2.24, 2.45) is 5.73 Å². The van der Waals surface area contributed by atoms with Gasteiger partial charge >= 0.3 is 0 Å². The van der Waals surface area contributed by atoms with E-state index in [-0.39, 0.29) is 5.54 Å². The first-order chi connectivity index (χ1) is 8.63. The number of hydrogen-bond acceptors (Lipinski definition) is 3. The molecule has 100 valence electrons. The van der Waals surface area contributed by atoms with Gasteiger partial charge in [0, 0.05) is 18.6 Å². The van der Waals surface area contributed by atoms with Gasteiger partial charge in [0.15, 0.2) is 0 Å². The lowest BCUT2D eigenvalue weighted by atomic mass is 9.98. The van der Waals surface area contributed by atoms with Crippen molar-refractivity contribution in [3.05, 3.63) is 35.4 Å². The third-order valence-corrected chi connectivity index (χ3v) is 3.71. The number of benzene rings is 1. The molecule has 0 spiro atoms. The summed E-state index contributed by atoms with van der Waals surface area (Å²) in [5.74, 6) is 0. The van der Waals surface area contributed by atoms with E-state index in [1.165, 1.54) is 11.1 Å². The van der Waals surface area contributed by atoms with E-state index >= 15 is 0 Å². The molecule has 1 heterocycles. The second-order valence-corrected chi connectivity index (χ2v) is 5.59. The van der Waals surface area contributed by atoms with Gasteiger partial charge in [-0.2, -0.15) is 0 Å². The van der Waals surface area contributed by atoms with Crippen molar-refractivity contribution in [3.63, 3.8) is 0 Å². The van der Waals surface area contributed by atoms with Gasteiger partial charge in [-0.25, -0.2) is 0 Å². The number of nitrogens with two attached hydrogens (primary N) is 1. The Morgan fingerprint density at radius 3 is 2.67 bits per heavy atom. The van der Waals surface area contributed by atoms with Gasteiger partial charge < -0.3 is 10.5 Å². The van der Waals surface area contributed by atoms with Crippen molar-refractivity contribution in [1.82, 2.24) is 4.90 Å². The summed E-state index contributed by atoms with van der Waals surface area (Å²) in [7, 11) is 0. The molecule has 3 heteroatoms. The van der Waals surface area contributed by atoms with E-state index in [0.717, 1.165) is 32.7 Å². The maximum Gasteiger partial charge on any atom is 0.0645 e. The Morgan fingerprint density at radius 2 is 2.00 bits per heavy atom. The largest absolute Gasteiger partial charge is 0.378 e. The lowest BCUT2D eigenvalue weighted by Gasteiger charge is -2.42. The fourth-order valence-corrected chi connectivity index (χ4v) is 2.50. The Kier molecular flexibility index (Phi) is 4.38. The predicted molar refractivity (Wildman–Crippen MR) is 74.5 cm³/mol. The maximum absolute atomic E-state index is 5.68. The zero-order valence-corrected chi connectivity index (χ0v) is 11.5. The molecule has 1 aromatic carbocycles. The molecular weight excluding hydrogens is 224 g/mol. The molecule has 2 N–H and O–H groups in total. The van der Waals surface area contributed by atoms with Gasteiger partial charge in [0.2, 0.25) is 0 Å². The van der Waals surface area contributed by atoms with E-state index in [9.17, 15) is 0 Å². The molecule has 0 amide bonds. The molecule has 1 saturated heterocycles. The minimum atomic E-state index is 0.119. The lowest BCUT2D eigenvalue weighted by Crippen LogP contribution is -2.52. The third-order valence-electron chi connectivity index (χ3n) is 3.71. The third kappa shape index (κ3) is 3.10. The Bertz CT molecular complexity index is 390. The monoisotopic (exact) mass is 248 g/mol. The summed E-state index contributed by atoms with van der Waals surface area (Å²) in [6, 6.07) is 8.62. The highest BCUT2D eigenvalue weighted by atomic mass is 16.5. The molecule has 0 radical (unpaired) electrons. The summed E-state index contributed by atoms with van der Waals surface area (Å²) in [5.41, 5.74) is 8.58. The van der Waals surface area contributed by atoms with Gasteiger partial charge in [0.1, 0.15) is 0 Å². The maximum atomic E-state index is 5.68. The van der Waals surface area contributed by atoms with Gasteiger partial charge in [0.25, 0.3) is 0 Å². The smallest absolute Gasteiger partial charge is 0.0645 e. The van der Waals surface area contributed by atoms with Crippen LogP contribution in [-0.2, 0) is 17.7 Å². The van der Waals surface area contributed by atoms with Crippen LogP contribution in [0.2, 0.25) is 0 Å². The molecule has 1 aliphatic rings. The number of rotatable bonds is 4. The SMILES string of the molecule is CC1(C)COCCN1Cc1ccccc1CCN. The summed E-state index contributed by atoms with van der Waals surface area (Å²) in [6.45, 7) is 8.85. The first kappa shape index (κ1) is 13.5. The molecule has 0 saturated carbocycles. The zero-order valence-electron chi connectivity index (χ0n) is 11.5. The summed E-state index contributed by atoms with van der Waals surface area (Å²) in [4.78, 5) is 2.51. The molecule has 18 heavy (non-hydrogen) atoms. The molecule has 2 rings (SSSR count). The second-order valence-electron chi connectivity index (χ2n) is 5.59. The molecule has 0 bridgehead atoms. The van der Waals surface area contributed by atoms with E-state index in [1.54, 1.807) is 0 Å². The average Bonchev–Trinajstić information content (AvgIpc) is 2.34.